The van der Waals surface area contributed by atoms with Gasteiger partial charge in [-0.25, -0.2) is 4.98 Å². The van der Waals surface area contributed by atoms with E-state index in [1.807, 2.05) is 13.8 Å². The molecule has 0 aliphatic carbocycles. The van der Waals surface area contributed by atoms with Gasteiger partial charge in [0.1, 0.15) is 6.54 Å². The molecular formula is C17H20N4O4S. The van der Waals surface area contributed by atoms with Gasteiger partial charge in [-0.05, 0) is 39.8 Å². The lowest BCUT2D eigenvalue weighted by Crippen LogP contribution is -2.42. The standard InChI is InChI=1S/C17H20N4O4S/c1-10(2)20(9-15(22)19-17-18-11(3)12(4)26-17)16(23)13-5-7-14(8-6-13)21(24)25/h5-8,10H,9H2,1-4H3,(H,18,19,22). The van der Waals surface area contributed by atoms with Crippen molar-refractivity contribution in [3.63, 3.8) is 0 Å². The van der Waals surface area contributed by atoms with Crippen molar-refractivity contribution in [3.05, 3.63) is 50.5 Å². The highest BCUT2D eigenvalue weighted by atomic mass is 32.1. The molecule has 8 nitrogen and oxygen atoms in total. The topological polar surface area (TPSA) is 105 Å². The molecule has 138 valence electrons. The van der Waals surface area contributed by atoms with Crippen LogP contribution in [0.3, 0.4) is 0 Å². The largest absolute Gasteiger partial charge is 0.327 e. The Kier molecular flexibility index (Phi) is 6.04. The second-order valence-corrected chi connectivity index (χ2v) is 7.24. The van der Waals surface area contributed by atoms with Crippen LogP contribution in [0.25, 0.3) is 0 Å². The van der Waals surface area contributed by atoms with Crippen molar-refractivity contribution in [2.75, 3.05) is 11.9 Å². The number of nitrogens with zero attached hydrogens (tertiary/aromatic N) is 3. The highest BCUT2D eigenvalue weighted by molar-refractivity contribution is 7.15. The third-order valence-electron chi connectivity index (χ3n) is 3.80. The van der Waals surface area contributed by atoms with Crippen LogP contribution >= 0.6 is 11.3 Å². The van der Waals surface area contributed by atoms with Crippen molar-refractivity contribution in [1.29, 1.82) is 0 Å². The molecule has 1 N–H and O–H groups in total. The SMILES string of the molecule is Cc1nc(NC(=O)CN(C(=O)c2ccc([N+](=O)[O-])cc2)C(C)C)sc1C. The van der Waals surface area contributed by atoms with Gasteiger partial charge in [-0.15, -0.1) is 11.3 Å². The summed E-state index contributed by atoms with van der Waals surface area (Å²) in [5.74, 6) is -0.709. The molecule has 0 radical (unpaired) electrons. The predicted molar refractivity (Wildman–Crippen MR) is 99.5 cm³/mol. The van der Waals surface area contributed by atoms with E-state index in [2.05, 4.69) is 10.3 Å². The summed E-state index contributed by atoms with van der Waals surface area (Å²) in [6.07, 6.45) is 0. The van der Waals surface area contributed by atoms with Crippen LogP contribution in [0.1, 0.15) is 34.8 Å². The Morgan fingerprint density at radius 1 is 1.27 bits per heavy atom. The number of hydrogen-bond donors (Lipinski definition) is 1. The molecule has 0 unspecified atom stereocenters. The molecule has 0 aliphatic heterocycles. The van der Waals surface area contributed by atoms with Crippen molar-refractivity contribution in [2.24, 2.45) is 0 Å². The zero-order valence-corrected chi connectivity index (χ0v) is 15.8. The number of aromatic nitrogens is 1. The summed E-state index contributed by atoms with van der Waals surface area (Å²) in [4.78, 5) is 41.8. The van der Waals surface area contributed by atoms with Crippen LogP contribution in [0, 0.1) is 24.0 Å². The number of carbonyl (C=O) groups excluding carboxylic acids is 2. The van der Waals surface area contributed by atoms with E-state index >= 15 is 0 Å². The summed E-state index contributed by atoms with van der Waals surface area (Å²) in [6.45, 7) is 7.24. The number of aryl methyl sites for hydroxylation is 2. The van der Waals surface area contributed by atoms with E-state index in [1.54, 1.807) is 13.8 Å². The van der Waals surface area contributed by atoms with E-state index < -0.39 is 4.92 Å². The van der Waals surface area contributed by atoms with Crippen molar-refractivity contribution in [2.45, 2.75) is 33.7 Å². The first-order chi connectivity index (χ1) is 12.2. The normalized spacial score (nSPS) is 10.7. The van der Waals surface area contributed by atoms with Crippen LogP contribution in [0.4, 0.5) is 10.8 Å². The van der Waals surface area contributed by atoms with Gasteiger partial charge in [-0.3, -0.25) is 19.7 Å². The van der Waals surface area contributed by atoms with Gasteiger partial charge < -0.3 is 10.2 Å². The van der Waals surface area contributed by atoms with Crippen LogP contribution in [-0.4, -0.2) is 39.2 Å². The summed E-state index contributed by atoms with van der Waals surface area (Å²) in [7, 11) is 0. The number of non-ortho nitro benzene ring substituents is 1. The number of rotatable bonds is 6. The van der Waals surface area contributed by atoms with E-state index in [0.29, 0.717) is 5.13 Å². The number of thiazole rings is 1. The molecule has 0 saturated heterocycles. The first-order valence-corrected chi connectivity index (χ1v) is 8.80. The quantitative estimate of drug-likeness (QED) is 0.616. The Balaban J connectivity index is 2.10. The van der Waals surface area contributed by atoms with Crippen molar-refractivity contribution < 1.29 is 14.5 Å². The van der Waals surface area contributed by atoms with Crippen molar-refractivity contribution in [1.82, 2.24) is 9.88 Å². The maximum Gasteiger partial charge on any atom is 0.269 e. The van der Waals surface area contributed by atoms with Gasteiger partial charge in [0.2, 0.25) is 5.91 Å². The predicted octanol–water partition coefficient (Wildman–Crippen LogP) is 3.16. The Bertz CT molecular complexity index is 810. The molecule has 0 fully saturated rings. The number of benzene rings is 1. The maximum absolute atomic E-state index is 12.7. The van der Waals surface area contributed by atoms with Gasteiger partial charge >= 0.3 is 0 Å². The zero-order chi connectivity index (χ0) is 19.4. The monoisotopic (exact) mass is 376 g/mol. The summed E-state index contributed by atoms with van der Waals surface area (Å²) >= 11 is 1.38. The lowest BCUT2D eigenvalue weighted by atomic mass is 10.1. The fraction of sp³-hybridized carbons (Fsp3) is 0.353. The van der Waals surface area contributed by atoms with Crippen molar-refractivity contribution >= 4 is 34.0 Å². The summed E-state index contributed by atoms with van der Waals surface area (Å²) < 4.78 is 0. The van der Waals surface area contributed by atoms with E-state index in [0.717, 1.165) is 10.6 Å². The molecule has 1 aromatic carbocycles. The molecule has 0 spiro atoms. The second-order valence-electron chi connectivity index (χ2n) is 6.04. The number of carbonyl (C=O) groups is 2. The number of nitrogens with one attached hydrogen (secondary N) is 1. The molecule has 2 aromatic rings. The molecule has 9 heteroatoms. The van der Waals surface area contributed by atoms with E-state index in [1.165, 1.54) is 40.5 Å². The maximum atomic E-state index is 12.7. The molecule has 0 saturated carbocycles. The van der Waals surface area contributed by atoms with E-state index in [9.17, 15) is 19.7 Å². The van der Waals surface area contributed by atoms with Crippen LogP contribution in [-0.2, 0) is 4.79 Å². The third-order valence-corrected chi connectivity index (χ3v) is 4.79. The van der Waals surface area contributed by atoms with Gasteiger partial charge in [-0.1, -0.05) is 0 Å². The van der Waals surface area contributed by atoms with Gasteiger partial charge in [0.05, 0.1) is 10.6 Å². The molecule has 26 heavy (non-hydrogen) atoms. The highest BCUT2D eigenvalue weighted by Gasteiger charge is 2.22. The van der Waals surface area contributed by atoms with Crippen LogP contribution < -0.4 is 5.32 Å². The summed E-state index contributed by atoms with van der Waals surface area (Å²) in [6, 6.07) is 5.10. The third kappa shape index (κ3) is 4.63. The summed E-state index contributed by atoms with van der Waals surface area (Å²) in [5, 5.41) is 13.9. The first-order valence-electron chi connectivity index (χ1n) is 7.98. The molecule has 1 aromatic heterocycles. The Morgan fingerprint density at radius 3 is 2.35 bits per heavy atom. The Labute approximate surface area is 155 Å². The minimum Gasteiger partial charge on any atom is -0.327 e. The first kappa shape index (κ1) is 19.5. The van der Waals surface area contributed by atoms with Gasteiger partial charge in [0.15, 0.2) is 5.13 Å². The van der Waals surface area contributed by atoms with Crippen LogP contribution in [0.2, 0.25) is 0 Å². The zero-order valence-electron chi connectivity index (χ0n) is 15.0. The van der Waals surface area contributed by atoms with E-state index in [-0.39, 0.29) is 35.7 Å². The van der Waals surface area contributed by atoms with E-state index in [4.69, 9.17) is 0 Å². The molecule has 0 atom stereocenters. The molecule has 0 bridgehead atoms. The Morgan fingerprint density at radius 2 is 1.88 bits per heavy atom. The second kappa shape index (κ2) is 8.05. The van der Waals surface area contributed by atoms with Crippen LogP contribution in [0.15, 0.2) is 24.3 Å². The number of nitro benzene ring substituents is 1. The average molecular weight is 376 g/mol. The van der Waals surface area contributed by atoms with Gasteiger partial charge in [0, 0.05) is 28.6 Å². The number of nitro groups is 1. The lowest BCUT2D eigenvalue weighted by molar-refractivity contribution is -0.384. The molecule has 1 heterocycles. The minimum absolute atomic E-state index is 0.0927. The minimum atomic E-state index is -0.528. The van der Waals surface area contributed by atoms with Crippen LogP contribution in [0.5, 0.6) is 0 Å². The van der Waals surface area contributed by atoms with Gasteiger partial charge in [-0.2, -0.15) is 0 Å². The molecule has 2 amide bonds. The Hall–Kier alpha value is -2.81. The van der Waals surface area contributed by atoms with Gasteiger partial charge in [0.25, 0.3) is 11.6 Å². The number of amides is 2. The fourth-order valence-corrected chi connectivity index (χ4v) is 3.05. The molecular weight excluding hydrogens is 356 g/mol. The lowest BCUT2D eigenvalue weighted by Gasteiger charge is -2.26. The molecule has 2 rings (SSSR count). The summed E-state index contributed by atoms with van der Waals surface area (Å²) in [5.41, 5.74) is 1.05. The number of hydrogen-bond acceptors (Lipinski definition) is 6. The average Bonchev–Trinajstić information content (AvgIpc) is 2.89. The van der Waals surface area contributed by atoms with Crippen molar-refractivity contribution in [3.8, 4) is 0 Å². The fourth-order valence-electron chi connectivity index (χ4n) is 2.22. The number of anilines is 1. The molecule has 0 aliphatic rings. The smallest absolute Gasteiger partial charge is 0.269 e. The highest BCUT2D eigenvalue weighted by Crippen LogP contribution is 2.21.